The Bertz CT molecular complexity index is 1320. The fourth-order valence-electron chi connectivity index (χ4n) is 11.7. The zero-order valence-electron chi connectivity index (χ0n) is 27.9. The second-order valence-corrected chi connectivity index (χ2v) is 18.9. The third-order valence-electron chi connectivity index (χ3n) is 14.5. The first-order chi connectivity index (χ1) is 20.7. The predicted octanol–water partition coefficient (Wildman–Crippen LogP) is 7.51. The van der Waals surface area contributed by atoms with Crippen molar-refractivity contribution < 1.29 is 23.4 Å². The average Bonchev–Trinajstić information content (AvgIpc) is 3.63. The van der Waals surface area contributed by atoms with Gasteiger partial charge < -0.3 is 10.2 Å². The first-order valence-electron chi connectivity index (χ1n) is 17.9. The van der Waals surface area contributed by atoms with Crippen molar-refractivity contribution in [3.8, 4) is 0 Å². The van der Waals surface area contributed by atoms with Crippen LogP contribution in [0.2, 0.25) is 0 Å². The largest absolute Gasteiger partial charge is 0.393 e. The zero-order chi connectivity index (χ0) is 31.7. The lowest BCUT2D eigenvalue weighted by Gasteiger charge is -2.64. The molecule has 1 aromatic rings. The summed E-state index contributed by atoms with van der Waals surface area (Å²) >= 11 is 0. The average molecular weight is 627 g/mol. The maximum Gasteiger partial charge on any atom is 0.185 e. The molecule has 0 radical (unpaired) electrons. The van der Waals surface area contributed by atoms with Crippen molar-refractivity contribution in [2.45, 2.75) is 141 Å². The van der Waals surface area contributed by atoms with Gasteiger partial charge in [-0.1, -0.05) is 59.6 Å². The summed E-state index contributed by atoms with van der Waals surface area (Å²) in [6.45, 7) is 11.8. The van der Waals surface area contributed by atoms with Crippen LogP contribution in [0.25, 0.3) is 0 Å². The number of sulfone groups is 1. The van der Waals surface area contributed by atoms with Crippen molar-refractivity contribution >= 4 is 15.6 Å². The molecule has 11 atom stereocenters. The summed E-state index contributed by atoms with van der Waals surface area (Å²) in [6.07, 6.45) is 12.3. The van der Waals surface area contributed by atoms with Crippen LogP contribution in [-0.2, 0) is 20.0 Å². The first kappa shape index (κ1) is 32.7. The summed E-state index contributed by atoms with van der Waals surface area (Å²) in [5.41, 5.74) is 1.80. The molecular formula is C38H58O5S. The predicted molar refractivity (Wildman–Crippen MR) is 175 cm³/mol. The van der Waals surface area contributed by atoms with Gasteiger partial charge in [0.2, 0.25) is 0 Å². The fraction of sp³-hybridized carbons (Fsp3) is 0.816. The second kappa shape index (κ2) is 11.8. The van der Waals surface area contributed by atoms with Crippen molar-refractivity contribution in [2.75, 3.05) is 5.75 Å². The molecule has 0 aliphatic heterocycles. The molecule has 0 bridgehead atoms. The van der Waals surface area contributed by atoms with E-state index in [9.17, 15) is 23.4 Å². The van der Waals surface area contributed by atoms with Crippen LogP contribution in [-0.4, -0.2) is 42.4 Å². The Kier molecular flexibility index (Phi) is 8.75. The SMILES string of the molecule is CC[C@H]1[C@@H](O)[C@@H]2[C@H](CC[C@]3(C)[C@@H]([C@H](C)CCCC(=O)CS(=O)(=O)c4ccc(C5(C)CC5)cc4)CC[C@@H]23)[C@@]2(C)CC[C@@H](O)C[C@@H]12. The van der Waals surface area contributed by atoms with Crippen molar-refractivity contribution in [1.82, 2.24) is 0 Å². The second-order valence-electron chi connectivity index (χ2n) is 16.9. The van der Waals surface area contributed by atoms with Crippen LogP contribution in [0.4, 0.5) is 0 Å². The lowest BCUT2D eigenvalue weighted by Crippen LogP contribution is -2.62. The van der Waals surface area contributed by atoms with Crippen LogP contribution in [0, 0.1) is 52.3 Å². The Morgan fingerprint density at radius 2 is 1.57 bits per heavy atom. The van der Waals surface area contributed by atoms with Crippen molar-refractivity contribution in [3.05, 3.63) is 29.8 Å². The molecule has 1 aromatic carbocycles. The number of aliphatic hydroxyl groups is 2. The maximum absolute atomic E-state index is 13.0. The highest BCUT2D eigenvalue weighted by atomic mass is 32.2. The molecule has 0 aromatic heterocycles. The Balaban J connectivity index is 1.06. The Morgan fingerprint density at radius 3 is 2.23 bits per heavy atom. The smallest absolute Gasteiger partial charge is 0.185 e. The quantitative estimate of drug-likeness (QED) is 0.280. The van der Waals surface area contributed by atoms with E-state index in [0.29, 0.717) is 41.9 Å². The van der Waals surface area contributed by atoms with Gasteiger partial charge in [-0.15, -0.1) is 0 Å². The van der Waals surface area contributed by atoms with Crippen molar-refractivity contribution in [3.63, 3.8) is 0 Å². The van der Waals surface area contributed by atoms with Crippen LogP contribution in [0.3, 0.4) is 0 Å². The molecule has 6 heteroatoms. The van der Waals surface area contributed by atoms with Gasteiger partial charge in [-0.25, -0.2) is 8.42 Å². The molecular weight excluding hydrogens is 568 g/mol. The molecule has 0 heterocycles. The van der Waals surface area contributed by atoms with Gasteiger partial charge in [0.25, 0.3) is 0 Å². The van der Waals surface area contributed by atoms with Gasteiger partial charge >= 0.3 is 0 Å². The molecule has 5 saturated carbocycles. The third kappa shape index (κ3) is 5.55. The van der Waals surface area contributed by atoms with E-state index < -0.39 is 15.6 Å². The Morgan fingerprint density at radius 1 is 0.909 bits per heavy atom. The molecule has 5 aliphatic rings. The molecule has 0 spiro atoms. The number of hydrogen-bond acceptors (Lipinski definition) is 5. The molecule has 5 fully saturated rings. The number of carbonyl (C=O) groups is 1. The number of carbonyl (C=O) groups excluding carboxylic acids is 1. The van der Waals surface area contributed by atoms with E-state index in [-0.39, 0.29) is 45.0 Å². The van der Waals surface area contributed by atoms with E-state index in [1.807, 2.05) is 12.1 Å². The third-order valence-corrected chi connectivity index (χ3v) is 16.2. The molecule has 246 valence electrons. The maximum atomic E-state index is 13.0. The van der Waals surface area contributed by atoms with Gasteiger partial charge in [-0.2, -0.15) is 0 Å². The highest BCUT2D eigenvalue weighted by Crippen LogP contribution is 2.69. The van der Waals surface area contributed by atoms with Crippen molar-refractivity contribution in [2.24, 2.45) is 52.3 Å². The van der Waals surface area contributed by atoms with E-state index in [4.69, 9.17) is 0 Å². The Labute approximate surface area is 266 Å². The summed E-state index contributed by atoms with van der Waals surface area (Å²) < 4.78 is 26.0. The van der Waals surface area contributed by atoms with Gasteiger partial charge in [0, 0.05) is 6.42 Å². The van der Waals surface area contributed by atoms with Gasteiger partial charge in [-0.05, 0) is 140 Å². The van der Waals surface area contributed by atoms with Gasteiger partial charge in [0.1, 0.15) is 11.5 Å². The summed E-state index contributed by atoms with van der Waals surface area (Å²) in [5.74, 6) is 2.57. The summed E-state index contributed by atoms with van der Waals surface area (Å²) in [4.78, 5) is 13.1. The monoisotopic (exact) mass is 626 g/mol. The highest BCUT2D eigenvalue weighted by Gasteiger charge is 2.64. The lowest BCUT2D eigenvalue weighted by molar-refractivity contribution is -0.203. The van der Waals surface area contributed by atoms with Gasteiger partial charge in [0.05, 0.1) is 17.1 Å². The minimum Gasteiger partial charge on any atom is -0.393 e. The van der Waals surface area contributed by atoms with Crippen LogP contribution in [0.1, 0.15) is 124 Å². The highest BCUT2D eigenvalue weighted by molar-refractivity contribution is 7.92. The molecule has 0 amide bonds. The van der Waals surface area contributed by atoms with Gasteiger partial charge in [0.15, 0.2) is 9.84 Å². The molecule has 44 heavy (non-hydrogen) atoms. The standard InChI is InChI=1S/C38H58O5S/c1-6-29-33-22-26(39)16-18-38(33,5)32-17-19-37(4)30(14-15-31(37)34(32)35(29)41)24(2)8-7-9-27(40)23-44(42,43)28-12-10-25(11-13-28)36(3)20-21-36/h10-13,24,26,29-35,39,41H,6-9,14-23H2,1-5H3/t24-,26-,29-,30-,31+,32+,33+,34+,35-,37-,38-/m1/s1. The number of rotatable bonds is 10. The number of Topliss-reactive ketones (excluding diaryl/α,β-unsaturated/α-hetero) is 1. The van der Waals surface area contributed by atoms with Crippen LogP contribution in [0.5, 0.6) is 0 Å². The number of benzene rings is 1. The Hall–Kier alpha value is -1.24. The topological polar surface area (TPSA) is 91.7 Å². The summed E-state index contributed by atoms with van der Waals surface area (Å²) in [7, 11) is -3.62. The van der Waals surface area contributed by atoms with Crippen molar-refractivity contribution in [1.29, 1.82) is 0 Å². The van der Waals surface area contributed by atoms with E-state index in [1.54, 1.807) is 12.1 Å². The van der Waals surface area contributed by atoms with Gasteiger partial charge in [-0.3, -0.25) is 4.79 Å². The van der Waals surface area contributed by atoms with E-state index in [2.05, 4.69) is 34.6 Å². The van der Waals surface area contributed by atoms with E-state index >= 15 is 0 Å². The zero-order valence-corrected chi connectivity index (χ0v) is 28.7. The molecule has 2 N–H and O–H groups in total. The number of ketones is 1. The molecule has 5 aliphatic carbocycles. The first-order valence-corrected chi connectivity index (χ1v) is 19.6. The molecule has 6 rings (SSSR count). The minimum absolute atomic E-state index is 0.178. The van der Waals surface area contributed by atoms with Crippen LogP contribution < -0.4 is 0 Å². The van der Waals surface area contributed by atoms with E-state index in [0.717, 1.165) is 51.4 Å². The minimum atomic E-state index is -3.62. The summed E-state index contributed by atoms with van der Waals surface area (Å²) in [5, 5.41) is 22.5. The van der Waals surface area contributed by atoms with E-state index in [1.165, 1.54) is 31.2 Å². The summed E-state index contributed by atoms with van der Waals surface area (Å²) in [6, 6.07) is 7.20. The van der Waals surface area contributed by atoms with Crippen LogP contribution >= 0.6 is 0 Å². The number of fused-ring (bicyclic) bond motifs is 5. The molecule has 0 unspecified atom stereocenters. The lowest BCUT2D eigenvalue weighted by atomic mass is 9.41. The fourth-order valence-corrected chi connectivity index (χ4v) is 12.9. The molecule has 0 saturated heterocycles. The van der Waals surface area contributed by atoms with Crippen LogP contribution in [0.15, 0.2) is 29.2 Å². The number of hydrogen-bond donors (Lipinski definition) is 2. The normalized spacial score (nSPS) is 41.7. The number of aliphatic hydroxyl groups excluding tert-OH is 2. The molecule has 5 nitrogen and oxygen atoms in total.